The van der Waals surface area contributed by atoms with Crippen LogP contribution in [0, 0.1) is 0 Å². The summed E-state index contributed by atoms with van der Waals surface area (Å²) in [5, 5.41) is 8.97. The molecule has 0 aromatic heterocycles. The molecule has 10 heteroatoms. The predicted octanol–water partition coefficient (Wildman–Crippen LogP) is 8.08. The number of aliphatic hydroxyl groups is 1. The monoisotopic (exact) mass is 751 g/mol. The minimum absolute atomic E-state index is 0. The Morgan fingerprint density at radius 2 is 0.961 bits per heavy atom. The molecule has 0 aliphatic heterocycles. The van der Waals surface area contributed by atoms with Gasteiger partial charge in [0, 0.05) is 19.0 Å². The Labute approximate surface area is 335 Å². The van der Waals surface area contributed by atoms with Crippen LogP contribution in [-0.4, -0.2) is 49.1 Å². The van der Waals surface area contributed by atoms with Crippen molar-refractivity contribution in [1.82, 2.24) is 0 Å². The van der Waals surface area contributed by atoms with E-state index < -0.39 is 45.0 Å². The number of carbonyl (C=O) groups excluding carboxylic acids is 2. The molecule has 0 bridgehead atoms. The zero-order chi connectivity index (χ0) is 36.8. The molecule has 0 radical (unpaired) electrons. The third-order valence-corrected chi connectivity index (χ3v) is 10.1. The SMILES string of the molecule is CCCCCCCC/C=C\CCCCCCCC(=O)OC[C@H](COP(=O)([O-])CCO)OC(=O)CCCCCCC/C=C\CCCCCCCC.[Na+]. The zero-order valence-electron chi connectivity index (χ0n) is 33.3. The van der Waals surface area contributed by atoms with Gasteiger partial charge in [-0.1, -0.05) is 141 Å². The van der Waals surface area contributed by atoms with E-state index >= 15 is 0 Å². The number of aliphatic hydroxyl groups excluding tert-OH is 1. The van der Waals surface area contributed by atoms with Crippen molar-refractivity contribution in [2.24, 2.45) is 0 Å². The molecule has 0 saturated carbocycles. The maximum atomic E-state index is 12.5. The first-order valence-electron chi connectivity index (χ1n) is 20.5. The van der Waals surface area contributed by atoms with Crippen molar-refractivity contribution in [3.05, 3.63) is 24.3 Å². The van der Waals surface area contributed by atoms with Crippen molar-refractivity contribution in [2.75, 3.05) is 26.0 Å². The van der Waals surface area contributed by atoms with Crippen LogP contribution in [0.15, 0.2) is 24.3 Å². The molecule has 0 spiro atoms. The molecule has 0 aromatic rings. The zero-order valence-corrected chi connectivity index (χ0v) is 36.2. The third kappa shape index (κ3) is 40.5. The fourth-order valence-corrected chi connectivity index (χ4v) is 6.45. The van der Waals surface area contributed by atoms with Crippen LogP contribution in [0.3, 0.4) is 0 Å². The Kier molecular flexibility index (Phi) is 42.0. The summed E-state index contributed by atoms with van der Waals surface area (Å²) in [5.41, 5.74) is 0. The molecule has 0 aliphatic carbocycles. The molecule has 2 atom stereocenters. The van der Waals surface area contributed by atoms with E-state index in [0.29, 0.717) is 6.42 Å². The molecular weight excluding hydrogens is 674 g/mol. The number of ether oxygens (including phenoxy) is 2. The minimum Gasteiger partial charge on any atom is -0.778 e. The van der Waals surface area contributed by atoms with Gasteiger partial charge in [0.05, 0.1) is 13.2 Å². The second-order valence-corrected chi connectivity index (χ2v) is 15.7. The smallest absolute Gasteiger partial charge is 0.778 e. The quantitative estimate of drug-likeness (QED) is 0.0221. The van der Waals surface area contributed by atoms with Crippen LogP contribution in [0.2, 0.25) is 0 Å². The Morgan fingerprint density at radius 3 is 1.37 bits per heavy atom. The summed E-state index contributed by atoms with van der Waals surface area (Å²) < 4.78 is 27.7. The Hall–Kier alpha value is -0.470. The van der Waals surface area contributed by atoms with Crippen LogP contribution in [0.5, 0.6) is 0 Å². The molecule has 1 N–H and O–H groups in total. The molecule has 0 aliphatic rings. The van der Waals surface area contributed by atoms with E-state index in [0.717, 1.165) is 70.6 Å². The molecule has 0 rings (SSSR count). The summed E-state index contributed by atoms with van der Waals surface area (Å²) in [7, 11) is -4.28. The topological polar surface area (TPSA) is 122 Å². The fraction of sp³-hybridized carbons (Fsp3) is 0.854. The maximum Gasteiger partial charge on any atom is 1.00 e. The average molecular weight is 751 g/mol. The van der Waals surface area contributed by atoms with E-state index in [1.807, 2.05) is 0 Å². The summed E-state index contributed by atoms with van der Waals surface area (Å²) in [6, 6.07) is 0. The van der Waals surface area contributed by atoms with Crippen LogP contribution in [0.1, 0.15) is 194 Å². The van der Waals surface area contributed by atoms with Crippen LogP contribution >= 0.6 is 7.60 Å². The number of esters is 2. The van der Waals surface area contributed by atoms with Gasteiger partial charge in [0.25, 0.3) is 0 Å². The van der Waals surface area contributed by atoms with Crippen LogP contribution in [0.4, 0.5) is 0 Å². The van der Waals surface area contributed by atoms with Gasteiger partial charge in [0.15, 0.2) is 6.10 Å². The summed E-state index contributed by atoms with van der Waals surface area (Å²) in [4.78, 5) is 36.8. The molecule has 294 valence electrons. The average Bonchev–Trinajstić information content (AvgIpc) is 3.09. The molecule has 0 heterocycles. The van der Waals surface area contributed by atoms with Gasteiger partial charge in [-0.25, -0.2) is 0 Å². The molecular formula is C41H76NaO8P. The number of rotatable bonds is 38. The molecule has 0 amide bonds. The van der Waals surface area contributed by atoms with E-state index in [2.05, 4.69) is 38.2 Å². The third-order valence-electron chi connectivity index (χ3n) is 8.84. The molecule has 8 nitrogen and oxygen atoms in total. The van der Waals surface area contributed by atoms with Crippen molar-refractivity contribution in [1.29, 1.82) is 0 Å². The Morgan fingerprint density at radius 1 is 0.588 bits per heavy atom. The molecule has 51 heavy (non-hydrogen) atoms. The fourth-order valence-electron chi connectivity index (χ4n) is 5.68. The number of unbranched alkanes of at least 4 members (excludes halogenated alkanes) is 22. The largest absolute Gasteiger partial charge is 1.00 e. The summed E-state index contributed by atoms with van der Waals surface area (Å²) in [6.07, 6.45) is 38.5. The van der Waals surface area contributed by atoms with Crippen molar-refractivity contribution in [3.63, 3.8) is 0 Å². The first kappa shape index (κ1) is 52.6. The van der Waals surface area contributed by atoms with Gasteiger partial charge < -0.3 is 28.6 Å². The molecule has 0 fully saturated rings. The van der Waals surface area contributed by atoms with Crippen LogP contribution in [-0.2, 0) is 28.2 Å². The van der Waals surface area contributed by atoms with Crippen LogP contribution in [0.25, 0.3) is 0 Å². The van der Waals surface area contributed by atoms with E-state index in [1.165, 1.54) is 89.9 Å². The number of hydrogen-bond donors (Lipinski definition) is 1. The first-order valence-corrected chi connectivity index (χ1v) is 22.3. The van der Waals surface area contributed by atoms with Gasteiger partial charge in [-0.2, -0.15) is 0 Å². The van der Waals surface area contributed by atoms with Gasteiger partial charge >= 0.3 is 41.5 Å². The molecule has 0 aromatic carbocycles. The minimum atomic E-state index is -4.28. The predicted molar refractivity (Wildman–Crippen MR) is 205 cm³/mol. The van der Waals surface area contributed by atoms with E-state index in [9.17, 15) is 19.0 Å². The van der Waals surface area contributed by atoms with Crippen molar-refractivity contribution >= 4 is 19.5 Å². The van der Waals surface area contributed by atoms with Gasteiger partial charge in [0.1, 0.15) is 14.2 Å². The Bertz CT molecular complexity index is 882. The normalized spacial score (nSPS) is 13.3. The van der Waals surface area contributed by atoms with Crippen molar-refractivity contribution in [3.8, 4) is 0 Å². The number of allylic oxidation sites excluding steroid dienone is 4. The van der Waals surface area contributed by atoms with Gasteiger partial charge in [-0.05, 0) is 64.2 Å². The summed E-state index contributed by atoms with van der Waals surface area (Å²) >= 11 is 0. The molecule has 1 unspecified atom stereocenters. The summed E-state index contributed by atoms with van der Waals surface area (Å²) in [6.45, 7) is 3.22. The molecule has 0 saturated heterocycles. The Balaban J connectivity index is 0. The van der Waals surface area contributed by atoms with E-state index in [4.69, 9.17) is 19.1 Å². The van der Waals surface area contributed by atoms with Gasteiger partial charge in [-0.15, -0.1) is 0 Å². The van der Waals surface area contributed by atoms with E-state index in [1.54, 1.807) is 0 Å². The van der Waals surface area contributed by atoms with Gasteiger partial charge in [0.2, 0.25) is 0 Å². The first-order chi connectivity index (χ1) is 24.3. The second kappa shape index (κ2) is 40.7. The van der Waals surface area contributed by atoms with Crippen LogP contribution < -0.4 is 34.5 Å². The standard InChI is InChI=1S/C41H77O8P.Na/c1-3-5-7-9-11-13-15-17-19-21-23-25-27-29-31-33-40(43)47-37-39(38-48-50(45,46)36-35-42)49-41(44)34-32-30-28-26-24-22-20-18-16-14-12-10-8-6-4-2;/h17-20,39,42H,3-16,21-38H2,1-2H3,(H,45,46);/q;+1/p-1/b19-17-,20-18-;/t39-;/m1./s1. The number of carbonyl (C=O) groups is 2. The number of hydrogen-bond acceptors (Lipinski definition) is 8. The second-order valence-electron chi connectivity index (χ2n) is 13.8. The van der Waals surface area contributed by atoms with Gasteiger partial charge in [-0.3, -0.25) is 9.59 Å². The van der Waals surface area contributed by atoms with Crippen molar-refractivity contribution < 1.29 is 67.7 Å². The van der Waals surface area contributed by atoms with E-state index in [-0.39, 0.29) is 49.0 Å². The summed E-state index contributed by atoms with van der Waals surface area (Å²) in [5.74, 6) is -0.867. The van der Waals surface area contributed by atoms with Crippen molar-refractivity contribution in [2.45, 2.75) is 200 Å². The maximum absolute atomic E-state index is 12.5.